The Morgan fingerprint density at radius 2 is 1.73 bits per heavy atom. The molecule has 138 valence electrons. The van der Waals surface area contributed by atoms with Gasteiger partial charge in [0.25, 0.3) is 5.91 Å². The van der Waals surface area contributed by atoms with Gasteiger partial charge < -0.3 is 10.6 Å². The van der Waals surface area contributed by atoms with E-state index >= 15 is 0 Å². The summed E-state index contributed by atoms with van der Waals surface area (Å²) in [5, 5.41) is 5.51. The molecule has 2 amide bonds. The van der Waals surface area contributed by atoms with E-state index in [0.29, 0.717) is 5.69 Å². The van der Waals surface area contributed by atoms with Gasteiger partial charge in [-0.05, 0) is 49.9 Å². The molecule has 0 saturated heterocycles. The molecule has 0 fully saturated rings. The smallest absolute Gasteiger partial charge is 0.251 e. The van der Waals surface area contributed by atoms with Crippen LogP contribution in [0.15, 0.2) is 53.4 Å². The Kier molecular flexibility index (Phi) is 6.12. The van der Waals surface area contributed by atoms with E-state index in [-0.39, 0.29) is 22.4 Å². The van der Waals surface area contributed by atoms with Gasteiger partial charge in [0.05, 0.1) is 10.9 Å². The summed E-state index contributed by atoms with van der Waals surface area (Å²) in [5.74, 6) is -0.572. The number of nitrogens with one attached hydrogen (secondary N) is 3. The molecule has 0 aromatic heterocycles. The van der Waals surface area contributed by atoms with Crippen LogP contribution in [0.4, 0.5) is 5.69 Å². The number of rotatable bonds is 6. The lowest BCUT2D eigenvalue weighted by Gasteiger charge is -2.16. The van der Waals surface area contributed by atoms with E-state index in [4.69, 9.17) is 0 Å². The molecule has 0 saturated carbocycles. The first-order valence-electron chi connectivity index (χ1n) is 7.95. The lowest BCUT2D eigenvalue weighted by atomic mass is 10.1. The summed E-state index contributed by atoms with van der Waals surface area (Å²) >= 11 is 0. The third-order valence-corrected chi connectivity index (χ3v) is 5.14. The summed E-state index contributed by atoms with van der Waals surface area (Å²) in [6.45, 7) is 3.23. The van der Waals surface area contributed by atoms with E-state index in [2.05, 4.69) is 15.4 Å². The van der Waals surface area contributed by atoms with Gasteiger partial charge >= 0.3 is 0 Å². The second-order valence-corrected chi connectivity index (χ2v) is 7.62. The van der Waals surface area contributed by atoms with Gasteiger partial charge in [0, 0.05) is 18.2 Å². The van der Waals surface area contributed by atoms with Crippen LogP contribution in [0.1, 0.15) is 35.8 Å². The first kappa shape index (κ1) is 19.6. The van der Waals surface area contributed by atoms with Crippen LogP contribution in [0.25, 0.3) is 0 Å². The Balaban J connectivity index is 2.17. The molecule has 0 aliphatic rings. The molecule has 26 heavy (non-hydrogen) atoms. The predicted octanol–water partition coefficient (Wildman–Crippen LogP) is 2.04. The lowest BCUT2D eigenvalue weighted by molar-refractivity contribution is -0.114. The zero-order valence-electron chi connectivity index (χ0n) is 14.7. The third kappa shape index (κ3) is 4.90. The van der Waals surface area contributed by atoms with Gasteiger partial charge in [0.2, 0.25) is 15.9 Å². The van der Waals surface area contributed by atoms with Gasteiger partial charge in [-0.15, -0.1) is 0 Å². The van der Waals surface area contributed by atoms with E-state index < -0.39 is 15.9 Å². The first-order valence-corrected chi connectivity index (χ1v) is 9.43. The molecular weight excluding hydrogens is 354 g/mol. The summed E-state index contributed by atoms with van der Waals surface area (Å²) in [7, 11) is -2.31. The van der Waals surface area contributed by atoms with E-state index in [1.165, 1.54) is 32.2 Å². The molecule has 0 spiro atoms. The zero-order chi connectivity index (χ0) is 19.3. The van der Waals surface area contributed by atoms with E-state index in [9.17, 15) is 18.0 Å². The number of anilines is 1. The molecular formula is C18H21N3O4S. The minimum Gasteiger partial charge on any atom is -0.346 e. The van der Waals surface area contributed by atoms with Gasteiger partial charge in [-0.1, -0.05) is 18.2 Å². The number of carbonyl (C=O) groups excluding carboxylic acids is 2. The number of benzene rings is 2. The third-order valence-electron chi connectivity index (χ3n) is 3.73. The average Bonchev–Trinajstić information content (AvgIpc) is 2.61. The Hall–Kier alpha value is -2.71. The van der Waals surface area contributed by atoms with Crippen molar-refractivity contribution in [1.82, 2.24) is 10.0 Å². The van der Waals surface area contributed by atoms with Crippen LogP contribution in [-0.4, -0.2) is 27.3 Å². The van der Waals surface area contributed by atoms with Crippen molar-refractivity contribution in [3.63, 3.8) is 0 Å². The van der Waals surface area contributed by atoms with Crippen LogP contribution >= 0.6 is 0 Å². The fraction of sp³-hybridized carbons (Fsp3) is 0.222. The number of sulfonamides is 1. The van der Waals surface area contributed by atoms with Crippen molar-refractivity contribution in [2.75, 3.05) is 12.4 Å². The Morgan fingerprint density at radius 1 is 1.04 bits per heavy atom. The lowest BCUT2D eigenvalue weighted by Crippen LogP contribution is -2.27. The summed E-state index contributed by atoms with van der Waals surface area (Å²) in [6.07, 6.45) is 0. The number of carbonyl (C=O) groups is 2. The van der Waals surface area contributed by atoms with Crippen LogP contribution in [-0.2, 0) is 14.8 Å². The van der Waals surface area contributed by atoms with Crippen molar-refractivity contribution in [3.8, 4) is 0 Å². The van der Waals surface area contributed by atoms with E-state index in [0.717, 1.165) is 5.56 Å². The second kappa shape index (κ2) is 8.11. The molecule has 0 aliphatic heterocycles. The SMILES string of the molecule is CNS(=O)(=O)c1cccc(C(=O)NC(C)c2cccc(NC(C)=O)c2)c1. The molecule has 0 bridgehead atoms. The predicted molar refractivity (Wildman–Crippen MR) is 99.3 cm³/mol. The maximum atomic E-state index is 12.5. The van der Waals surface area contributed by atoms with Crippen LogP contribution < -0.4 is 15.4 Å². The Morgan fingerprint density at radius 3 is 2.38 bits per heavy atom. The Labute approximate surface area is 152 Å². The number of amides is 2. The maximum absolute atomic E-state index is 12.5. The molecule has 2 aromatic carbocycles. The van der Waals surface area contributed by atoms with Crippen molar-refractivity contribution in [2.45, 2.75) is 24.8 Å². The molecule has 2 rings (SSSR count). The van der Waals surface area contributed by atoms with Gasteiger partial charge in [0.15, 0.2) is 0 Å². The molecule has 0 aliphatic carbocycles. The fourth-order valence-electron chi connectivity index (χ4n) is 2.37. The van der Waals surface area contributed by atoms with Crippen LogP contribution in [0, 0.1) is 0 Å². The monoisotopic (exact) mass is 375 g/mol. The van der Waals surface area contributed by atoms with Crippen molar-refractivity contribution in [3.05, 3.63) is 59.7 Å². The average molecular weight is 375 g/mol. The van der Waals surface area contributed by atoms with Crippen molar-refractivity contribution in [2.24, 2.45) is 0 Å². The van der Waals surface area contributed by atoms with Gasteiger partial charge in [-0.25, -0.2) is 13.1 Å². The molecule has 0 heterocycles. The first-order chi connectivity index (χ1) is 12.2. The van der Waals surface area contributed by atoms with E-state index in [1.807, 2.05) is 6.07 Å². The molecule has 3 N–H and O–H groups in total. The summed E-state index contributed by atoms with van der Waals surface area (Å²) in [6, 6.07) is 12.6. The van der Waals surface area contributed by atoms with Gasteiger partial charge in [-0.2, -0.15) is 0 Å². The topological polar surface area (TPSA) is 104 Å². The van der Waals surface area contributed by atoms with E-state index in [1.54, 1.807) is 31.2 Å². The largest absolute Gasteiger partial charge is 0.346 e. The van der Waals surface area contributed by atoms with Crippen molar-refractivity contribution < 1.29 is 18.0 Å². The van der Waals surface area contributed by atoms with Crippen molar-refractivity contribution >= 4 is 27.5 Å². The van der Waals surface area contributed by atoms with Gasteiger partial charge in [0.1, 0.15) is 0 Å². The highest BCUT2D eigenvalue weighted by molar-refractivity contribution is 7.89. The maximum Gasteiger partial charge on any atom is 0.251 e. The number of hydrogen-bond donors (Lipinski definition) is 3. The van der Waals surface area contributed by atoms with Crippen LogP contribution in [0.5, 0.6) is 0 Å². The molecule has 1 unspecified atom stereocenters. The highest BCUT2D eigenvalue weighted by Crippen LogP contribution is 2.18. The summed E-state index contributed by atoms with van der Waals surface area (Å²) in [5.41, 5.74) is 1.69. The zero-order valence-corrected chi connectivity index (χ0v) is 15.6. The molecule has 1 atom stereocenters. The van der Waals surface area contributed by atoms with Gasteiger partial charge in [-0.3, -0.25) is 9.59 Å². The summed E-state index contributed by atoms with van der Waals surface area (Å²) in [4.78, 5) is 23.6. The fourth-order valence-corrected chi connectivity index (χ4v) is 3.15. The molecule has 8 heteroatoms. The van der Waals surface area contributed by atoms with Crippen LogP contribution in [0.2, 0.25) is 0 Å². The second-order valence-electron chi connectivity index (χ2n) is 5.74. The Bertz CT molecular complexity index is 926. The van der Waals surface area contributed by atoms with Crippen LogP contribution in [0.3, 0.4) is 0 Å². The number of hydrogen-bond acceptors (Lipinski definition) is 4. The molecule has 0 radical (unpaired) electrons. The quantitative estimate of drug-likeness (QED) is 0.719. The minimum absolute atomic E-state index is 0.0213. The molecule has 2 aromatic rings. The molecule has 7 nitrogen and oxygen atoms in total. The highest BCUT2D eigenvalue weighted by atomic mass is 32.2. The normalized spacial score (nSPS) is 12.3. The highest BCUT2D eigenvalue weighted by Gasteiger charge is 2.16. The minimum atomic E-state index is -3.62. The standard InChI is InChI=1S/C18H21N3O4S/c1-12(14-6-4-8-16(10-14)21-13(2)22)20-18(23)15-7-5-9-17(11-15)26(24,25)19-3/h4-12,19H,1-3H3,(H,20,23)(H,21,22). The van der Waals surface area contributed by atoms with Crippen molar-refractivity contribution in [1.29, 1.82) is 0 Å². The summed E-state index contributed by atoms with van der Waals surface area (Å²) < 4.78 is 26.0.